The predicted molar refractivity (Wildman–Crippen MR) is 97.6 cm³/mol. The summed E-state index contributed by atoms with van der Waals surface area (Å²) in [7, 11) is 0. The second kappa shape index (κ2) is 6.14. The van der Waals surface area contributed by atoms with E-state index in [0.29, 0.717) is 17.1 Å². The molecule has 0 aliphatic rings. The van der Waals surface area contributed by atoms with Gasteiger partial charge in [-0.15, -0.1) is 0 Å². The molecule has 2 heterocycles. The lowest BCUT2D eigenvalue weighted by Gasteiger charge is -2.22. The molecule has 0 atom stereocenters. The van der Waals surface area contributed by atoms with E-state index in [9.17, 15) is 20.0 Å². The third kappa shape index (κ3) is 3.21. The monoisotopic (exact) mass is 354 g/mol. The van der Waals surface area contributed by atoms with Crippen LogP contribution >= 0.6 is 0 Å². The zero-order valence-corrected chi connectivity index (χ0v) is 14.6. The molecule has 26 heavy (non-hydrogen) atoms. The van der Waals surface area contributed by atoms with E-state index in [1.807, 2.05) is 20.8 Å². The smallest absolute Gasteiger partial charge is 0.339 e. The topological polar surface area (TPSA) is 110 Å². The van der Waals surface area contributed by atoms with Gasteiger partial charge in [0.25, 0.3) is 5.69 Å². The first-order valence-electron chi connectivity index (χ1n) is 7.95. The van der Waals surface area contributed by atoms with Gasteiger partial charge in [0.05, 0.1) is 4.92 Å². The van der Waals surface area contributed by atoms with Gasteiger partial charge in [0.15, 0.2) is 5.65 Å². The molecule has 0 saturated heterocycles. The second-order valence-electron chi connectivity index (χ2n) is 6.91. The minimum Gasteiger partial charge on any atom is -0.478 e. The van der Waals surface area contributed by atoms with Crippen molar-refractivity contribution in [3.8, 4) is 11.3 Å². The quantitative estimate of drug-likeness (QED) is 0.544. The van der Waals surface area contributed by atoms with Crippen LogP contribution in [0.25, 0.3) is 16.9 Å². The van der Waals surface area contributed by atoms with Gasteiger partial charge in [0, 0.05) is 29.4 Å². The third-order valence-corrected chi connectivity index (χ3v) is 3.70. The molecule has 0 aliphatic heterocycles. The van der Waals surface area contributed by atoms with Gasteiger partial charge in [-0.05, 0) is 32.9 Å². The van der Waals surface area contributed by atoms with Crippen molar-refractivity contribution in [1.29, 1.82) is 0 Å². The van der Waals surface area contributed by atoms with Crippen LogP contribution in [0.15, 0.2) is 42.6 Å². The average molecular weight is 354 g/mol. The van der Waals surface area contributed by atoms with Crippen LogP contribution in [0.5, 0.6) is 0 Å². The number of hydrogen-bond donors (Lipinski definition) is 2. The van der Waals surface area contributed by atoms with Gasteiger partial charge < -0.3 is 10.4 Å². The average Bonchev–Trinajstić information content (AvgIpc) is 2.91. The summed E-state index contributed by atoms with van der Waals surface area (Å²) in [6.45, 7) is 5.89. The standard InChI is InChI=1S/C18H18N4O4/c1-18(2,3)20-16-14(11-6-4-7-12(10-11)22(25)26)19-15-13(17(23)24)8-5-9-21(15)16/h4-10,20H,1-3H3,(H,23,24). The number of pyridine rings is 1. The van der Waals surface area contributed by atoms with Gasteiger partial charge in [0.1, 0.15) is 17.1 Å². The van der Waals surface area contributed by atoms with Gasteiger partial charge in [-0.3, -0.25) is 14.5 Å². The molecule has 0 aliphatic carbocycles. The molecule has 3 rings (SSSR count). The first kappa shape index (κ1) is 17.4. The lowest BCUT2D eigenvalue weighted by molar-refractivity contribution is -0.384. The van der Waals surface area contributed by atoms with Crippen LogP contribution in [0.3, 0.4) is 0 Å². The summed E-state index contributed by atoms with van der Waals surface area (Å²) in [4.78, 5) is 26.7. The van der Waals surface area contributed by atoms with E-state index < -0.39 is 10.9 Å². The summed E-state index contributed by atoms with van der Waals surface area (Å²) >= 11 is 0. The van der Waals surface area contributed by atoms with Gasteiger partial charge in [0.2, 0.25) is 0 Å². The molecule has 8 heteroatoms. The maximum atomic E-state index is 11.5. The number of aromatic nitrogens is 2. The predicted octanol–water partition coefficient (Wildman–Crippen LogP) is 3.82. The molecule has 0 bridgehead atoms. The number of nitro benzene ring substituents is 1. The normalized spacial score (nSPS) is 11.5. The Bertz CT molecular complexity index is 1020. The van der Waals surface area contributed by atoms with Crippen LogP contribution in [0, 0.1) is 10.1 Å². The van der Waals surface area contributed by atoms with Gasteiger partial charge >= 0.3 is 5.97 Å². The number of benzene rings is 1. The number of imidazole rings is 1. The van der Waals surface area contributed by atoms with E-state index >= 15 is 0 Å². The largest absolute Gasteiger partial charge is 0.478 e. The summed E-state index contributed by atoms with van der Waals surface area (Å²) in [5, 5.41) is 23.9. The highest BCUT2D eigenvalue weighted by atomic mass is 16.6. The lowest BCUT2D eigenvalue weighted by atomic mass is 10.1. The van der Waals surface area contributed by atoms with Crippen LogP contribution in [-0.4, -0.2) is 30.9 Å². The number of fused-ring (bicyclic) bond motifs is 1. The molecule has 2 aromatic heterocycles. The molecular formula is C18H18N4O4. The van der Waals surface area contributed by atoms with Gasteiger partial charge in [-0.25, -0.2) is 9.78 Å². The number of nitrogens with one attached hydrogen (secondary N) is 1. The van der Waals surface area contributed by atoms with Crippen molar-refractivity contribution < 1.29 is 14.8 Å². The Labute approximate surface area is 149 Å². The highest BCUT2D eigenvalue weighted by Crippen LogP contribution is 2.33. The highest BCUT2D eigenvalue weighted by Gasteiger charge is 2.23. The molecule has 134 valence electrons. The fraction of sp³-hybridized carbons (Fsp3) is 0.222. The molecule has 2 N–H and O–H groups in total. The number of hydrogen-bond acceptors (Lipinski definition) is 5. The van der Waals surface area contributed by atoms with Crippen LogP contribution < -0.4 is 5.32 Å². The molecule has 0 fully saturated rings. The van der Waals surface area contributed by atoms with E-state index in [0.717, 1.165) is 0 Å². The minimum absolute atomic E-state index is 0.0558. The van der Waals surface area contributed by atoms with E-state index in [4.69, 9.17) is 0 Å². The molecule has 0 radical (unpaired) electrons. The van der Waals surface area contributed by atoms with Crippen LogP contribution in [0.2, 0.25) is 0 Å². The van der Waals surface area contributed by atoms with E-state index in [2.05, 4.69) is 10.3 Å². The Morgan fingerprint density at radius 3 is 2.62 bits per heavy atom. The van der Waals surface area contributed by atoms with Crippen molar-refractivity contribution in [1.82, 2.24) is 9.38 Å². The number of anilines is 1. The Hall–Kier alpha value is -3.42. The summed E-state index contributed by atoms with van der Waals surface area (Å²) in [5.74, 6) is -0.510. The summed E-state index contributed by atoms with van der Waals surface area (Å²) < 4.78 is 1.66. The first-order valence-corrected chi connectivity index (χ1v) is 7.95. The van der Waals surface area contributed by atoms with Crippen molar-refractivity contribution in [3.63, 3.8) is 0 Å². The van der Waals surface area contributed by atoms with Gasteiger partial charge in [-0.1, -0.05) is 12.1 Å². The molecular weight excluding hydrogens is 336 g/mol. The third-order valence-electron chi connectivity index (χ3n) is 3.70. The van der Waals surface area contributed by atoms with E-state index in [1.54, 1.807) is 28.8 Å². The zero-order chi connectivity index (χ0) is 19.1. The van der Waals surface area contributed by atoms with E-state index in [-0.39, 0.29) is 22.4 Å². The van der Waals surface area contributed by atoms with E-state index in [1.165, 1.54) is 18.2 Å². The SMILES string of the molecule is CC(C)(C)Nc1c(-c2cccc([N+](=O)[O-])c2)nc2c(C(=O)O)cccn12. The number of rotatable bonds is 4. The molecule has 0 spiro atoms. The fourth-order valence-electron chi connectivity index (χ4n) is 2.68. The molecule has 0 amide bonds. The Kier molecular flexibility index (Phi) is 4.11. The molecule has 3 aromatic rings. The number of carboxylic acid groups (broad SMARTS) is 1. The minimum atomic E-state index is -1.09. The van der Waals surface area contributed by atoms with Crippen molar-refractivity contribution >= 4 is 23.1 Å². The molecule has 0 unspecified atom stereocenters. The molecule has 8 nitrogen and oxygen atoms in total. The number of non-ortho nitro benzene ring substituents is 1. The number of carboxylic acids is 1. The maximum Gasteiger partial charge on any atom is 0.339 e. The van der Waals surface area contributed by atoms with Crippen molar-refractivity contribution in [2.45, 2.75) is 26.3 Å². The zero-order valence-electron chi connectivity index (χ0n) is 14.6. The summed E-state index contributed by atoms with van der Waals surface area (Å²) in [6.07, 6.45) is 1.71. The van der Waals surface area contributed by atoms with Crippen molar-refractivity contribution in [3.05, 3.63) is 58.3 Å². The number of nitro groups is 1. The van der Waals surface area contributed by atoms with Gasteiger partial charge in [-0.2, -0.15) is 0 Å². The highest BCUT2D eigenvalue weighted by molar-refractivity contribution is 5.96. The first-order chi connectivity index (χ1) is 12.2. The lowest BCUT2D eigenvalue weighted by Crippen LogP contribution is -2.27. The molecule has 1 aromatic carbocycles. The number of nitrogens with zero attached hydrogens (tertiary/aromatic N) is 3. The van der Waals surface area contributed by atoms with Crippen LogP contribution in [-0.2, 0) is 0 Å². The Morgan fingerprint density at radius 2 is 2.00 bits per heavy atom. The number of aromatic carboxylic acids is 1. The van der Waals surface area contributed by atoms with Crippen molar-refractivity contribution in [2.75, 3.05) is 5.32 Å². The summed E-state index contributed by atoms with van der Waals surface area (Å²) in [6, 6.07) is 9.22. The number of carbonyl (C=O) groups is 1. The summed E-state index contributed by atoms with van der Waals surface area (Å²) in [5.41, 5.74) is 0.933. The van der Waals surface area contributed by atoms with Crippen LogP contribution in [0.1, 0.15) is 31.1 Å². The Morgan fingerprint density at radius 1 is 1.27 bits per heavy atom. The van der Waals surface area contributed by atoms with Crippen LogP contribution in [0.4, 0.5) is 11.5 Å². The van der Waals surface area contributed by atoms with Crippen molar-refractivity contribution in [2.24, 2.45) is 0 Å². The molecule has 0 saturated carbocycles. The Balaban J connectivity index is 2.31. The maximum absolute atomic E-state index is 11.5. The fourth-order valence-corrected chi connectivity index (χ4v) is 2.68. The second-order valence-corrected chi connectivity index (χ2v) is 6.91.